The molecule has 5 nitrogen and oxygen atoms in total. The highest BCUT2D eigenvalue weighted by Gasteiger charge is 2.23. The molecule has 1 heterocycles. The molecule has 1 aliphatic heterocycles. The monoisotopic (exact) mass is 359 g/mol. The maximum absolute atomic E-state index is 13.6. The minimum atomic E-state index is -0.622. The van der Waals surface area contributed by atoms with E-state index in [1.54, 1.807) is 23.1 Å². The molecule has 0 spiro atoms. The molecule has 0 radical (unpaired) electrons. The first kappa shape index (κ1) is 17.8. The molecule has 2 aromatic carbocycles. The van der Waals surface area contributed by atoms with E-state index in [1.165, 1.54) is 18.2 Å². The predicted molar refractivity (Wildman–Crippen MR) is 94.3 cm³/mol. The summed E-state index contributed by atoms with van der Waals surface area (Å²) in [4.78, 5) is 25.6. The molecule has 0 aliphatic carbocycles. The van der Waals surface area contributed by atoms with E-state index in [9.17, 15) is 18.4 Å². The molecular weight excluding hydrogens is 340 g/mol. The highest BCUT2D eigenvalue weighted by atomic mass is 19.1. The van der Waals surface area contributed by atoms with Crippen molar-refractivity contribution in [1.29, 1.82) is 0 Å². The van der Waals surface area contributed by atoms with Crippen LogP contribution >= 0.6 is 0 Å². The van der Waals surface area contributed by atoms with Gasteiger partial charge >= 0.3 is 6.03 Å². The normalized spacial score (nSPS) is 13.7. The zero-order valence-corrected chi connectivity index (χ0v) is 14.3. The van der Waals surface area contributed by atoms with Crippen molar-refractivity contribution in [3.8, 4) is 0 Å². The van der Waals surface area contributed by atoms with E-state index in [1.807, 2.05) is 6.92 Å². The van der Waals surface area contributed by atoms with Gasteiger partial charge in [-0.2, -0.15) is 0 Å². The van der Waals surface area contributed by atoms with Gasteiger partial charge in [0.15, 0.2) is 0 Å². The highest BCUT2D eigenvalue weighted by Crippen LogP contribution is 2.23. The van der Waals surface area contributed by atoms with Crippen LogP contribution in [-0.4, -0.2) is 31.6 Å². The molecule has 1 saturated heterocycles. The summed E-state index contributed by atoms with van der Waals surface area (Å²) in [6, 6.07) is 8.58. The van der Waals surface area contributed by atoms with Gasteiger partial charge in [0, 0.05) is 36.4 Å². The van der Waals surface area contributed by atoms with Crippen LogP contribution in [0.15, 0.2) is 36.4 Å². The molecule has 26 heavy (non-hydrogen) atoms. The van der Waals surface area contributed by atoms with Gasteiger partial charge in [-0.25, -0.2) is 13.6 Å². The average Bonchev–Trinajstić information content (AvgIpc) is 3.03. The number of hydrogen-bond acceptors (Lipinski definition) is 2. The fourth-order valence-corrected chi connectivity index (χ4v) is 2.98. The number of benzene rings is 2. The van der Waals surface area contributed by atoms with Crippen LogP contribution in [0.3, 0.4) is 0 Å². The van der Waals surface area contributed by atoms with Gasteiger partial charge in [0.05, 0.1) is 0 Å². The lowest BCUT2D eigenvalue weighted by molar-refractivity contribution is 0.0954. The third-order valence-corrected chi connectivity index (χ3v) is 4.33. The van der Waals surface area contributed by atoms with E-state index in [0.29, 0.717) is 18.7 Å². The van der Waals surface area contributed by atoms with Crippen LogP contribution in [0.1, 0.15) is 21.5 Å². The molecule has 3 rings (SSSR count). The third-order valence-electron chi connectivity index (χ3n) is 4.33. The summed E-state index contributed by atoms with van der Waals surface area (Å²) < 4.78 is 27.2. The van der Waals surface area contributed by atoms with Crippen molar-refractivity contribution in [1.82, 2.24) is 10.6 Å². The van der Waals surface area contributed by atoms with E-state index >= 15 is 0 Å². The Kier molecular flexibility index (Phi) is 5.16. The Morgan fingerprint density at radius 3 is 2.58 bits per heavy atom. The van der Waals surface area contributed by atoms with Gasteiger partial charge in [-0.3, -0.25) is 9.69 Å². The van der Waals surface area contributed by atoms with Crippen LogP contribution in [0.2, 0.25) is 0 Å². The number of aryl methyl sites for hydroxylation is 1. The Labute approximate surface area is 150 Å². The van der Waals surface area contributed by atoms with Crippen molar-refractivity contribution in [2.24, 2.45) is 0 Å². The molecule has 3 amide bonds. The Morgan fingerprint density at radius 1 is 1.23 bits per heavy atom. The quantitative estimate of drug-likeness (QED) is 0.862. The van der Waals surface area contributed by atoms with Gasteiger partial charge in [-0.15, -0.1) is 0 Å². The molecule has 2 aromatic rings. The number of carbonyl (C=O) groups excluding carboxylic acids is 2. The molecule has 1 aliphatic rings. The SMILES string of the molecule is Cc1cc(C(=O)NCCc2c(F)cccc2F)ccc1N1CCNC1=O. The van der Waals surface area contributed by atoms with Gasteiger partial charge in [-0.1, -0.05) is 6.07 Å². The first-order valence-electron chi connectivity index (χ1n) is 8.34. The second-order valence-electron chi connectivity index (χ2n) is 6.09. The second kappa shape index (κ2) is 7.51. The lowest BCUT2D eigenvalue weighted by atomic mass is 10.1. The van der Waals surface area contributed by atoms with Gasteiger partial charge < -0.3 is 10.6 Å². The molecule has 7 heteroatoms. The topological polar surface area (TPSA) is 61.4 Å². The van der Waals surface area contributed by atoms with Gasteiger partial charge in [-0.05, 0) is 49.2 Å². The molecule has 0 atom stereocenters. The highest BCUT2D eigenvalue weighted by molar-refractivity contribution is 5.97. The number of urea groups is 1. The molecule has 2 N–H and O–H groups in total. The van der Waals surface area contributed by atoms with Crippen LogP contribution < -0.4 is 15.5 Å². The van der Waals surface area contributed by atoms with Crippen LogP contribution in [0, 0.1) is 18.6 Å². The fraction of sp³-hybridized carbons (Fsp3) is 0.263. The fourth-order valence-electron chi connectivity index (χ4n) is 2.98. The van der Waals surface area contributed by atoms with Crippen molar-refractivity contribution in [2.75, 3.05) is 24.5 Å². The van der Waals surface area contributed by atoms with Crippen molar-refractivity contribution in [3.05, 3.63) is 64.7 Å². The summed E-state index contributed by atoms with van der Waals surface area (Å²) in [5, 5.41) is 5.39. The maximum atomic E-state index is 13.6. The number of hydrogen-bond donors (Lipinski definition) is 2. The number of anilines is 1. The number of nitrogens with one attached hydrogen (secondary N) is 2. The van der Waals surface area contributed by atoms with Gasteiger partial charge in [0.1, 0.15) is 11.6 Å². The maximum Gasteiger partial charge on any atom is 0.322 e. The number of carbonyl (C=O) groups is 2. The average molecular weight is 359 g/mol. The Morgan fingerprint density at radius 2 is 1.96 bits per heavy atom. The summed E-state index contributed by atoms with van der Waals surface area (Å²) in [6.07, 6.45) is 0.0647. The third kappa shape index (κ3) is 3.66. The predicted octanol–water partition coefficient (Wildman–Crippen LogP) is 2.78. The zero-order valence-electron chi connectivity index (χ0n) is 14.3. The molecule has 0 unspecified atom stereocenters. The molecular formula is C19H19F2N3O2. The molecule has 0 aromatic heterocycles. The minimum Gasteiger partial charge on any atom is -0.352 e. The van der Waals surface area contributed by atoms with Crippen molar-refractivity contribution < 1.29 is 18.4 Å². The summed E-state index contributed by atoms with van der Waals surface area (Å²) in [5.74, 6) is -1.58. The Balaban J connectivity index is 1.63. The Hall–Kier alpha value is -2.96. The van der Waals surface area contributed by atoms with E-state index in [4.69, 9.17) is 0 Å². The van der Waals surface area contributed by atoms with E-state index < -0.39 is 11.6 Å². The lowest BCUT2D eigenvalue weighted by Gasteiger charge is -2.17. The van der Waals surface area contributed by atoms with Crippen LogP contribution in [0.25, 0.3) is 0 Å². The standard InChI is InChI=1S/C19H19F2N3O2/c1-12-11-13(5-6-17(12)24-10-9-23-19(24)26)18(25)22-8-7-14-15(20)3-2-4-16(14)21/h2-6,11H,7-10H2,1H3,(H,22,25)(H,23,26). The van der Waals surface area contributed by atoms with Crippen LogP contribution in [0.4, 0.5) is 19.3 Å². The first-order valence-corrected chi connectivity index (χ1v) is 8.34. The second-order valence-corrected chi connectivity index (χ2v) is 6.09. The summed E-state index contributed by atoms with van der Waals surface area (Å²) in [5.41, 5.74) is 1.94. The lowest BCUT2D eigenvalue weighted by Crippen LogP contribution is -2.29. The molecule has 1 fully saturated rings. The van der Waals surface area contributed by atoms with Gasteiger partial charge in [0.2, 0.25) is 0 Å². The summed E-state index contributed by atoms with van der Waals surface area (Å²) in [7, 11) is 0. The first-order chi connectivity index (χ1) is 12.5. The van der Waals surface area contributed by atoms with E-state index in [0.717, 1.165) is 11.3 Å². The largest absolute Gasteiger partial charge is 0.352 e. The minimum absolute atomic E-state index is 0.0422. The summed E-state index contributed by atoms with van der Waals surface area (Å²) in [6.45, 7) is 3.12. The van der Waals surface area contributed by atoms with Crippen LogP contribution in [-0.2, 0) is 6.42 Å². The number of halogens is 2. The molecule has 136 valence electrons. The molecule has 0 saturated carbocycles. The summed E-state index contributed by atoms with van der Waals surface area (Å²) >= 11 is 0. The van der Waals surface area contributed by atoms with Gasteiger partial charge in [0.25, 0.3) is 5.91 Å². The smallest absolute Gasteiger partial charge is 0.322 e. The van der Waals surface area contributed by atoms with E-state index in [2.05, 4.69) is 10.6 Å². The Bertz CT molecular complexity index is 834. The van der Waals surface area contributed by atoms with Crippen LogP contribution in [0.5, 0.6) is 0 Å². The molecule has 0 bridgehead atoms. The van der Waals surface area contributed by atoms with Crippen molar-refractivity contribution in [2.45, 2.75) is 13.3 Å². The number of amides is 3. The zero-order chi connectivity index (χ0) is 18.7. The van der Waals surface area contributed by atoms with E-state index in [-0.39, 0.29) is 30.5 Å². The number of rotatable bonds is 5. The van der Waals surface area contributed by atoms with Crippen molar-refractivity contribution in [3.63, 3.8) is 0 Å². The van der Waals surface area contributed by atoms with Crippen molar-refractivity contribution >= 4 is 17.6 Å². The number of nitrogens with zero attached hydrogens (tertiary/aromatic N) is 1.